The molecule has 2 heterocycles. The molecule has 0 radical (unpaired) electrons. The van der Waals surface area contributed by atoms with E-state index in [0.29, 0.717) is 5.25 Å². The van der Waals surface area contributed by atoms with Gasteiger partial charge in [0.15, 0.2) is 10.8 Å². The lowest BCUT2D eigenvalue weighted by atomic mass is 9.81. The Labute approximate surface area is 127 Å². The highest BCUT2D eigenvalue weighted by atomic mass is 32.2. The summed E-state index contributed by atoms with van der Waals surface area (Å²) >= 11 is 1.68. The molecule has 1 aliphatic rings. The molecule has 21 heavy (non-hydrogen) atoms. The number of rotatable bonds is 4. The molecule has 7 heteroatoms. The molecule has 2 aromatic heterocycles. The van der Waals surface area contributed by atoms with Crippen LogP contribution in [0.4, 0.5) is 0 Å². The van der Waals surface area contributed by atoms with Crippen LogP contribution >= 0.6 is 11.8 Å². The molecule has 1 amide bonds. The predicted octanol–water partition coefficient (Wildman–Crippen LogP) is 1.21. The number of nitrogens with zero attached hydrogens (tertiary/aromatic N) is 3. The Balaban J connectivity index is 1.80. The Bertz CT molecular complexity index is 658. The maximum absolute atomic E-state index is 11.8. The van der Waals surface area contributed by atoms with Gasteiger partial charge in [-0.15, -0.1) is 10.2 Å². The van der Waals surface area contributed by atoms with Crippen LogP contribution in [0.1, 0.15) is 25.7 Å². The van der Waals surface area contributed by atoms with Gasteiger partial charge < -0.3 is 11.1 Å². The fraction of sp³-hybridized carbons (Fsp3) is 0.500. The number of hydrogen-bond acceptors (Lipinski definition) is 5. The first kappa shape index (κ1) is 14.3. The largest absolute Gasteiger partial charge is 0.368 e. The molecular weight excluding hydrogens is 286 g/mol. The molecule has 2 atom stereocenters. The van der Waals surface area contributed by atoms with Gasteiger partial charge in [0.2, 0.25) is 5.91 Å². The summed E-state index contributed by atoms with van der Waals surface area (Å²) in [5.74, 6) is -0.263. The zero-order valence-corrected chi connectivity index (χ0v) is 12.8. The van der Waals surface area contributed by atoms with Crippen LogP contribution < -0.4 is 11.1 Å². The number of likely N-dealkylation sites (N-methyl/N-ethyl adjacent to an activating group) is 1. The maximum Gasteiger partial charge on any atom is 0.237 e. The van der Waals surface area contributed by atoms with Crippen LogP contribution in [0.2, 0.25) is 0 Å². The highest BCUT2D eigenvalue weighted by molar-refractivity contribution is 7.99. The van der Waals surface area contributed by atoms with E-state index in [9.17, 15) is 4.79 Å². The van der Waals surface area contributed by atoms with E-state index < -0.39 is 5.54 Å². The van der Waals surface area contributed by atoms with Crippen molar-refractivity contribution in [3.63, 3.8) is 0 Å². The van der Waals surface area contributed by atoms with Crippen molar-refractivity contribution >= 4 is 23.3 Å². The molecule has 2 aromatic rings. The van der Waals surface area contributed by atoms with Crippen LogP contribution in [0.15, 0.2) is 29.6 Å². The number of carbonyl (C=O) groups is 1. The average Bonchev–Trinajstić information content (AvgIpc) is 2.90. The molecule has 3 rings (SSSR count). The third kappa shape index (κ3) is 2.63. The minimum absolute atomic E-state index is 0.263. The molecule has 0 spiro atoms. The highest BCUT2D eigenvalue weighted by Gasteiger charge is 2.40. The number of fused-ring (bicyclic) bond motifs is 1. The predicted molar refractivity (Wildman–Crippen MR) is 82.1 cm³/mol. The van der Waals surface area contributed by atoms with Crippen molar-refractivity contribution in [3.8, 4) is 0 Å². The number of thioether (sulfide) groups is 1. The van der Waals surface area contributed by atoms with Crippen molar-refractivity contribution in [2.24, 2.45) is 5.73 Å². The normalized spacial score (nSPS) is 26.0. The molecule has 1 saturated carbocycles. The third-order valence-corrected chi connectivity index (χ3v) is 5.44. The number of nitrogens with two attached hydrogens (primary N) is 1. The van der Waals surface area contributed by atoms with Gasteiger partial charge >= 0.3 is 0 Å². The number of primary amides is 1. The van der Waals surface area contributed by atoms with E-state index in [4.69, 9.17) is 5.73 Å². The number of pyridine rings is 1. The van der Waals surface area contributed by atoms with E-state index in [0.717, 1.165) is 36.5 Å². The van der Waals surface area contributed by atoms with Crippen molar-refractivity contribution in [2.75, 3.05) is 7.05 Å². The molecule has 1 aliphatic carbocycles. The molecule has 0 aliphatic heterocycles. The van der Waals surface area contributed by atoms with Gasteiger partial charge in [-0.1, -0.05) is 17.8 Å². The smallest absolute Gasteiger partial charge is 0.237 e. The Morgan fingerprint density at radius 1 is 1.52 bits per heavy atom. The van der Waals surface area contributed by atoms with Gasteiger partial charge in [0.25, 0.3) is 0 Å². The second-order valence-electron chi connectivity index (χ2n) is 5.44. The summed E-state index contributed by atoms with van der Waals surface area (Å²) in [6.07, 6.45) is 5.53. The Morgan fingerprint density at radius 2 is 2.38 bits per heavy atom. The van der Waals surface area contributed by atoms with Gasteiger partial charge in [-0.3, -0.25) is 9.20 Å². The molecule has 3 N–H and O–H groups in total. The van der Waals surface area contributed by atoms with Gasteiger partial charge in [0, 0.05) is 11.4 Å². The SMILES string of the molecule is CNC1(C(N)=O)CCCC(Sc2nnc3ccccn23)C1. The minimum Gasteiger partial charge on any atom is -0.368 e. The number of carbonyl (C=O) groups excluding carboxylic acids is 1. The molecule has 1 fully saturated rings. The molecule has 0 saturated heterocycles. The van der Waals surface area contributed by atoms with Gasteiger partial charge in [-0.25, -0.2) is 0 Å². The number of hydrogen-bond donors (Lipinski definition) is 2. The van der Waals surface area contributed by atoms with Gasteiger partial charge in [0.1, 0.15) is 0 Å². The fourth-order valence-electron chi connectivity index (χ4n) is 2.95. The van der Waals surface area contributed by atoms with Gasteiger partial charge in [0.05, 0.1) is 5.54 Å². The summed E-state index contributed by atoms with van der Waals surface area (Å²) in [6, 6.07) is 5.83. The first-order valence-electron chi connectivity index (χ1n) is 7.10. The van der Waals surface area contributed by atoms with Crippen molar-refractivity contribution in [3.05, 3.63) is 24.4 Å². The van der Waals surface area contributed by atoms with Gasteiger partial charge in [-0.2, -0.15) is 0 Å². The Morgan fingerprint density at radius 3 is 3.14 bits per heavy atom. The summed E-state index contributed by atoms with van der Waals surface area (Å²) in [5, 5.41) is 12.7. The molecule has 6 nitrogen and oxygen atoms in total. The summed E-state index contributed by atoms with van der Waals surface area (Å²) in [6.45, 7) is 0. The van der Waals surface area contributed by atoms with Gasteiger partial charge in [-0.05, 0) is 44.9 Å². The highest BCUT2D eigenvalue weighted by Crippen LogP contribution is 2.37. The van der Waals surface area contributed by atoms with Crippen molar-refractivity contribution in [2.45, 2.75) is 41.6 Å². The van der Waals surface area contributed by atoms with Crippen LogP contribution in [0.3, 0.4) is 0 Å². The number of amides is 1. The van der Waals surface area contributed by atoms with E-state index in [2.05, 4.69) is 15.5 Å². The van der Waals surface area contributed by atoms with Crippen LogP contribution in [0.25, 0.3) is 5.65 Å². The van der Waals surface area contributed by atoms with E-state index >= 15 is 0 Å². The van der Waals surface area contributed by atoms with Crippen molar-refractivity contribution in [1.29, 1.82) is 0 Å². The summed E-state index contributed by atoms with van der Waals surface area (Å²) in [7, 11) is 1.81. The monoisotopic (exact) mass is 305 g/mol. The van der Waals surface area contributed by atoms with E-state index in [1.165, 1.54) is 0 Å². The molecule has 112 valence electrons. The lowest BCUT2D eigenvalue weighted by Crippen LogP contribution is -2.57. The summed E-state index contributed by atoms with van der Waals surface area (Å²) in [5.41, 5.74) is 5.85. The topological polar surface area (TPSA) is 85.3 Å². The van der Waals surface area contributed by atoms with Crippen molar-refractivity contribution in [1.82, 2.24) is 19.9 Å². The number of nitrogens with one attached hydrogen (secondary N) is 1. The first-order valence-corrected chi connectivity index (χ1v) is 7.98. The quantitative estimate of drug-likeness (QED) is 0.887. The van der Waals surface area contributed by atoms with Crippen LogP contribution in [0.5, 0.6) is 0 Å². The number of aromatic nitrogens is 3. The first-order chi connectivity index (χ1) is 10.1. The summed E-state index contributed by atoms with van der Waals surface area (Å²) < 4.78 is 1.98. The van der Waals surface area contributed by atoms with E-state index in [1.807, 2.05) is 35.8 Å². The second kappa shape index (κ2) is 5.65. The molecule has 2 unspecified atom stereocenters. The fourth-order valence-corrected chi connectivity index (χ4v) is 4.25. The maximum atomic E-state index is 11.8. The standard InChI is InChI=1S/C14H19N5OS/c1-16-14(12(15)20)7-4-5-10(9-14)21-13-18-17-11-6-2-3-8-19(11)13/h2-3,6,8,10,16H,4-5,7,9H2,1H3,(H2,15,20). The van der Waals surface area contributed by atoms with Crippen molar-refractivity contribution < 1.29 is 4.79 Å². The third-order valence-electron chi connectivity index (χ3n) is 4.21. The van der Waals surface area contributed by atoms with E-state index in [-0.39, 0.29) is 5.91 Å². The lowest BCUT2D eigenvalue weighted by molar-refractivity contribution is -0.125. The lowest BCUT2D eigenvalue weighted by Gasteiger charge is -2.37. The summed E-state index contributed by atoms with van der Waals surface area (Å²) in [4.78, 5) is 11.8. The minimum atomic E-state index is -0.587. The Hall–Kier alpha value is -1.60. The zero-order chi connectivity index (χ0) is 14.9. The van der Waals surface area contributed by atoms with Crippen LogP contribution in [-0.2, 0) is 4.79 Å². The second-order valence-corrected chi connectivity index (χ2v) is 6.71. The van der Waals surface area contributed by atoms with E-state index in [1.54, 1.807) is 11.8 Å². The van der Waals surface area contributed by atoms with Crippen LogP contribution in [0, 0.1) is 0 Å². The van der Waals surface area contributed by atoms with Crippen LogP contribution in [-0.4, -0.2) is 38.3 Å². The molecule has 0 bridgehead atoms. The average molecular weight is 305 g/mol. The molecular formula is C14H19N5OS. The Kier molecular flexibility index (Phi) is 3.86. The zero-order valence-electron chi connectivity index (χ0n) is 12.0. The molecule has 0 aromatic carbocycles.